The van der Waals surface area contributed by atoms with Crippen LogP contribution in [0.2, 0.25) is 0 Å². The number of pyridine rings is 2. The van der Waals surface area contributed by atoms with Crippen LogP contribution in [0, 0.1) is 5.92 Å². The maximum atomic E-state index is 6.67. The average molecular weight is 491 g/mol. The van der Waals surface area contributed by atoms with Crippen molar-refractivity contribution in [2.24, 2.45) is 5.92 Å². The van der Waals surface area contributed by atoms with Crippen molar-refractivity contribution in [3.05, 3.63) is 47.9 Å². The normalized spacial score (nSPS) is 30.4. The zero-order chi connectivity index (χ0) is 24.8. The fourth-order valence-electron chi connectivity index (χ4n) is 6.73. The number of anilines is 2. The molecule has 6 heterocycles. The summed E-state index contributed by atoms with van der Waals surface area (Å²) in [6.07, 6.45) is 3.79. The van der Waals surface area contributed by atoms with Gasteiger partial charge in [-0.05, 0) is 48.4 Å². The van der Waals surface area contributed by atoms with E-state index in [0.29, 0.717) is 23.9 Å². The Hall–Kier alpha value is -2.22. The molecule has 7 nitrogen and oxygen atoms in total. The lowest BCUT2D eigenvalue weighted by Gasteiger charge is -2.43. The number of nitrogens with one attached hydrogen (secondary N) is 1. The fraction of sp³-hybridized carbons (Fsp3) is 0.655. The molecule has 0 radical (unpaired) electrons. The third-order valence-electron chi connectivity index (χ3n) is 8.72. The summed E-state index contributed by atoms with van der Waals surface area (Å²) in [5, 5.41) is 3.56. The van der Waals surface area contributed by atoms with Gasteiger partial charge >= 0.3 is 0 Å². The molecule has 7 heteroatoms. The van der Waals surface area contributed by atoms with Crippen molar-refractivity contribution in [3.63, 3.8) is 0 Å². The Labute approximate surface area is 216 Å². The maximum absolute atomic E-state index is 6.67. The van der Waals surface area contributed by atoms with E-state index in [1.807, 2.05) is 0 Å². The number of rotatable bonds is 6. The molecule has 0 amide bonds. The third-order valence-corrected chi connectivity index (χ3v) is 8.72. The van der Waals surface area contributed by atoms with Gasteiger partial charge in [0.1, 0.15) is 5.82 Å². The highest BCUT2D eigenvalue weighted by atomic mass is 16.5. The minimum absolute atomic E-state index is 0.214. The largest absolute Gasteiger partial charge is 0.368 e. The zero-order valence-electron chi connectivity index (χ0n) is 22.3. The molecule has 1 N–H and O–H groups in total. The smallest absolute Gasteiger partial charge is 0.129 e. The topological polar surface area (TPSA) is 56.8 Å². The van der Waals surface area contributed by atoms with Crippen LogP contribution in [0.3, 0.4) is 0 Å². The van der Waals surface area contributed by atoms with Crippen LogP contribution in [-0.4, -0.2) is 85.0 Å². The first kappa shape index (κ1) is 24.1. The summed E-state index contributed by atoms with van der Waals surface area (Å²) in [7, 11) is 0. The van der Waals surface area contributed by atoms with E-state index in [0.717, 1.165) is 56.7 Å². The van der Waals surface area contributed by atoms with Gasteiger partial charge < -0.3 is 19.9 Å². The molecule has 6 rings (SSSR count). The van der Waals surface area contributed by atoms with Gasteiger partial charge in [-0.15, -0.1) is 0 Å². The Morgan fingerprint density at radius 3 is 2.58 bits per heavy atom. The number of hydrogen-bond acceptors (Lipinski definition) is 7. The summed E-state index contributed by atoms with van der Waals surface area (Å²) < 4.78 is 6.67. The number of ether oxygens (including phenoxy) is 1. The maximum Gasteiger partial charge on any atom is 0.129 e. The van der Waals surface area contributed by atoms with Crippen molar-refractivity contribution < 1.29 is 4.74 Å². The molecular weight excluding hydrogens is 448 g/mol. The van der Waals surface area contributed by atoms with Crippen LogP contribution < -0.4 is 15.1 Å². The third kappa shape index (κ3) is 4.61. The minimum Gasteiger partial charge on any atom is -0.368 e. The Morgan fingerprint density at radius 1 is 0.944 bits per heavy atom. The number of likely N-dealkylation sites (tertiary alicyclic amines) is 1. The molecule has 3 unspecified atom stereocenters. The molecule has 4 aliphatic rings. The van der Waals surface area contributed by atoms with E-state index in [1.165, 1.54) is 24.3 Å². The van der Waals surface area contributed by atoms with Gasteiger partial charge in [0.15, 0.2) is 0 Å². The Morgan fingerprint density at radius 2 is 1.81 bits per heavy atom. The molecular formula is C29H42N6O. The molecule has 4 fully saturated rings. The number of aromatic nitrogens is 2. The standard InChI is InChI=1S/C29H42N6O/c1-19(2)24-9-8-22(12-31-24)35-17-23(36-28-14-30-13-26(28)35)16-33-15-21-10-11-34(27(21)18-33)29-7-5-6-25(32-29)20(3)4/h5-9,12,19-21,23,26-28,30H,10-11,13-18H2,1-4H3/t21-,23?,26?,27-,28?/m1/s1. The molecule has 0 saturated carbocycles. The second-order valence-corrected chi connectivity index (χ2v) is 11.9. The molecule has 2 aromatic heterocycles. The SMILES string of the molecule is CC(C)c1ccc(N2CC(CN3C[C@H]4CCN(c5cccc(C(C)C)n5)[C@@H]4C3)OC3CNCC32)cn1. The molecule has 5 atom stereocenters. The fourth-order valence-corrected chi connectivity index (χ4v) is 6.73. The highest BCUT2D eigenvalue weighted by molar-refractivity contribution is 5.48. The minimum atomic E-state index is 0.214. The van der Waals surface area contributed by atoms with E-state index in [-0.39, 0.29) is 12.2 Å². The van der Waals surface area contributed by atoms with Gasteiger partial charge in [-0.3, -0.25) is 9.88 Å². The Balaban J connectivity index is 1.13. The first-order valence-corrected chi connectivity index (χ1v) is 14.0. The first-order valence-electron chi connectivity index (χ1n) is 14.0. The van der Waals surface area contributed by atoms with Crippen molar-refractivity contribution in [2.75, 3.05) is 55.6 Å². The Kier molecular flexibility index (Phi) is 6.65. The molecule has 4 saturated heterocycles. The van der Waals surface area contributed by atoms with Crippen LogP contribution in [0.4, 0.5) is 11.5 Å². The predicted octanol–water partition coefficient (Wildman–Crippen LogP) is 3.48. The number of nitrogens with zero attached hydrogens (tertiary/aromatic N) is 5. The number of morpholine rings is 1. The quantitative estimate of drug-likeness (QED) is 0.665. The summed E-state index contributed by atoms with van der Waals surface area (Å²) in [6.45, 7) is 16.1. The highest BCUT2D eigenvalue weighted by Gasteiger charge is 2.45. The van der Waals surface area contributed by atoms with Gasteiger partial charge in [0.25, 0.3) is 0 Å². The molecule has 0 bridgehead atoms. The molecule has 4 aliphatic heterocycles. The molecule has 0 spiro atoms. The van der Waals surface area contributed by atoms with E-state index in [2.05, 4.69) is 84.2 Å². The summed E-state index contributed by atoms with van der Waals surface area (Å²) in [4.78, 5) is 17.6. The molecule has 194 valence electrons. The molecule has 2 aromatic rings. The molecule has 0 aliphatic carbocycles. The van der Waals surface area contributed by atoms with E-state index < -0.39 is 0 Å². The monoisotopic (exact) mass is 490 g/mol. The average Bonchev–Trinajstić information content (AvgIpc) is 3.60. The second-order valence-electron chi connectivity index (χ2n) is 11.9. The lowest BCUT2D eigenvalue weighted by atomic mass is 10.0. The van der Waals surface area contributed by atoms with Gasteiger partial charge in [-0.2, -0.15) is 0 Å². The van der Waals surface area contributed by atoms with Gasteiger partial charge in [0.05, 0.1) is 30.1 Å². The summed E-state index contributed by atoms with van der Waals surface area (Å²) in [6, 6.07) is 11.9. The van der Waals surface area contributed by atoms with E-state index in [1.54, 1.807) is 0 Å². The Bertz CT molecular complexity index is 1040. The summed E-state index contributed by atoms with van der Waals surface area (Å²) in [5.41, 5.74) is 3.58. The lowest BCUT2D eigenvalue weighted by molar-refractivity contribution is -0.0430. The second kappa shape index (κ2) is 9.92. The van der Waals surface area contributed by atoms with E-state index in [9.17, 15) is 0 Å². The van der Waals surface area contributed by atoms with Gasteiger partial charge in [0.2, 0.25) is 0 Å². The number of fused-ring (bicyclic) bond motifs is 2. The van der Waals surface area contributed by atoms with E-state index >= 15 is 0 Å². The first-order chi connectivity index (χ1) is 17.5. The van der Waals surface area contributed by atoms with Crippen LogP contribution in [-0.2, 0) is 4.74 Å². The van der Waals surface area contributed by atoms with Crippen molar-refractivity contribution in [2.45, 2.75) is 70.2 Å². The van der Waals surface area contributed by atoms with Crippen LogP contribution in [0.25, 0.3) is 0 Å². The van der Waals surface area contributed by atoms with Crippen LogP contribution >= 0.6 is 0 Å². The zero-order valence-corrected chi connectivity index (χ0v) is 22.3. The van der Waals surface area contributed by atoms with Crippen molar-refractivity contribution in [3.8, 4) is 0 Å². The van der Waals surface area contributed by atoms with Gasteiger partial charge in [-0.25, -0.2) is 4.98 Å². The molecule has 0 aromatic carbocycles. The van der Waals surface area contributed by atoms with Crippen LogP contribution in [0.15, 0.2) is 36.5 Å². The summed E-state index contributed by atoms with van der Waals surface area (Å²) >= 11 is 0. The van der Waals surface area contributed by atoms with Crippen LogP contribution in [0.5, 0.6) is 0 Å². The lowest BCUT2D eigenvalue weighted by Crippen LogP contribution is -2.57. The van der Waals surface area contributed by atoms with Gasteiger partial charge in [0, 0.05) is 63.2 Å². The van der Waals surface area contributed by atoms with Crippen LogP contribution in [0.1, 0.15) is 57.3 Å². The van der Waals surface area contributed by atoms with Gasteiger partial charge in [-0.1, -0.05) is 33.8 Å². The van der Waals surface area contributed by atoms with Crippen molar-refractivity contribution in [1.29, 1.82) is 0 Å². The van der Waals surface area contributed by atoms with E-state index in [4.69, 9.17) is 14.7 Å². The number of hydrogen-bond donors (Lipinski definition) is 1. The highest BCUT2D eigenvalue weighted by Crippen LogP contribution is 2.36. The summed E-state index contributed by atoms with van der Waals surface area (Å²) in [5.74, 6) is 2.80. The molecule has 36 heavy (non-hydrogen) atoms. The van der Waals surface area contributed by atoms with Crippen molar-refractivity contribution >= 4 is 11.5 Å². The van der Waals surface area contributed by atoms with Crippen molar-refractivity contribution in [1.82, 2.24) is 20.2 Å². The predicted molar refractivity (Wildman–Crippen MR) is 145 cm³/mol.